The number of nitrogens with two attached hydrogens (primary N) is 1. The van der Waals surface area contributed by atoms with Crippen LogP contribution in [0.15, 0.2) is 14.3 Å². The Balaban J connectivity index is 2.74. The fourth-order valence-electron chi connectivity index (χ4n) is 1.02. The number of hydrogen-bond acceptors (Lipinski definition) is 3. The summed E-state index contributed by atoms with van der Waals surface area (Å²) in [5.41, 5.74) is 5.65. The van der Waals surface area contributed by atoms with Crippen molar-refractivity contribution in [3.63, 3.8) is 0 Å². The first-order chi connectivity index (χ1) is 6.69. The van der Waals surface area contributed by atoms with E-state index < -0.39 is 0 Å². The molecule has 0 saturated carbocycles. The van der Waals surface area contributed by atoms with Gasteiger partial charge >= 0.3 is 0 Å². The van der Waals surface area contributed by atoms with Gasteiger partial charge in [-0.25, -0.2) is 0 Å². The van der Waals surface area contributed by atoms with E-state index in [0.29, 0.717) is 13.1 Å². The molecular formula is C9H10Br2N2S. The standard InChI is InChI=1S/C9H10Br2N2S/c1-2-3-13-7(5-12)8-4-6(10)9(11)14-8/h1,4,7,13H,3,5,12H2. The number of thiophene rings is 1. The number of nitrogens with one attached hydrogen (secondary N) is 1. The zero-order valence-electron chi connectivity index (χ0n) is 7.39. The van der Waals surface area contributed by atoms with Crippen molar-refractivity contribution in [3.05, 3.63) is 19.2 Å². The van der Waals surface area contributed by atoms with Crippen molar-refractivity contribution in [1.29, 1.82) is 0 Å². The summed E-state index contributed by atoms with van der Waals surface area (Å²) in [6.45, 7) is 1.08. The summed E-state index contributed by atoms with van der Waals surface area (Å²) in [6, 6.07) is 2.19. The van der Waals surface area contributed by atoms with Crippen molar-refractivity contribution < 1.29 is 0 Å². The summed E-state index contributed by atoms with van der Waals surface area (Å²) in [4.78, 5) is 1.18. The van der Waals surface area contributed by atoms with E-state index in [4.69, 9.17) is 12.2 Å². The number of rotatable bonds is 4. The molecule has 0 aliphatic carbocycles. The maximum atomic E-state index is 5.65. The second-order valence-corrected chi connectivity index (χ2v) is 5.90. The van der Waals surface area contributed by atoms with E-state index in [1.165, 1.54) is 4.88 Å². The Bertz CT molecular complexity index is 324. The summed E-state index contributed by atoms with van der Waals surface area (Å²) < 4.78 is 2.13. The van der Waals surface area contributed by atoms with Crippen molar-refractivity contribution in [1.82, 2.24) is 5.32 Å². The van der Waals surface area contributed by atoms with Gasteiger partial charge in [0, 0.05) is 15.9 Å². The van der Waals surface area contributed by atoms with Gasteiger partial charge in [-0.3, -0.25) is 5.32 Å². The van der Waals surface area contributed by atoms with Gasteiger partial charge in [-0.15, -0.1) is 17.8 Å². The normalized spacial score (nSPS) is 12.4. The molecule has 14 heavy (non-hydrogen) atoms. The van der Waals surface area contributed by atoms with E-state index in [1.54, 1.807) is 11.3 Å². The van der Waals surface area contributed by atoms with E-state index in [9.17, 15) is 0 Å². The highest BCUT2D eigenvalue weighted by Gasteiger charge is 2.13. The van der Waals surface area contributed by atoms with Crippen LogP contribution in [-0.4, -0.2) is 13.1 Å². The van der Waals surface area contributed by atoms with Gasteiger partial charge in [-0.05, 0) is 37.9 Å². The van der Waals surface area contributed by atoms with Crippen LogP contribution in [0.3, 0.4) is 0 Å². The van der Waals surface area contributed by atoms with Crippen molar-refractivity contribution in [2.24, 2.45) is 5.73 Å². The summed E-state index contributed by atoms with van der Waals surface area (Å²) >= 11 is 8.54. The largest absolute Gasteiger partial charge is 0.329 e. The predicted octanol–water partition coefficient (Wildman–Crippen LogP) is 2.50. The Morgan fingerprint density at radius 3 is 2.79 bits per heavy atom. The smallest absolute Gasteiger partial charge is 0.0843 e. The Morgan fingerprint density at radius 1 is 1.64 bits per heavy atom. The van der Waals surface area contributed by atoms with Gasteiger partial charge in [-0.1, -0.05) is 5.92 Å². The van der Waals surface area contributed by atoms with Gasteiger partial charge in [0.1, 0.15) is 0 Å². The van der Waals surface area contributed by atoms with Crippen molar-refractivity contribution >= 4 is 43.2 Å². The lowest BCUT2D eigenvalue weighted by atomic mass is 10.2. The zero-order valence-corrected chi connectivity index (χ0v) is 11.4. The highest BCUT2D eigenvalue weighted by molar-refractivity contribution is 9.13. The molecule has 0 bridgehead atoms. The molecule has 0 fully saturated rings. The van der Waals surface area contributed by atoms with E-state index in [2.05, 4.69) is 49.2 Å². The molecule has 3 N–H and O–H groups in total. The molecule has 2 nitrogen and oxygen atoms in total. The summed E-state index contributed by atoms with van der Waals surface area (Å²) in [7, 11) is 0. The van der Waals surface area contributed by atoms with Crippen LogP contribution in [0.25, 0.3) is 0 Å². The SMILES string of the molecule is C#CCNC(CN)c1cc(Br)c(Br)s1. The highest BCUT2D eigenvalue weighted by atomic mass is 79.9. The van der Waals surface area contributed by atoms with Gasteiger partial charge in [0.05, 0.1) is 16.4 Å². The van der Waals surface area contributed by atoms with E-state index in [-0.39, 0.29) is 6.04 Å². The Morgan fingerprint density at radius 2 is 2.36 bits per heavy atom. The molecule has 0 amide bonds. The van der Waals surface area contributed by atoms with Crippen LogP contribution >= 0.6 is 43.2 Å². The molecule has 1 aromatic heterocycles. The Kier molecular flexibility index (Phi) is 5.13. The Labute approximate surface area is 105 Å². The minimum absolute atomic E-state index is 0.138. The third-order valence-electron chi connectivity index (χ3n) is 1.69. The quantitative estimate of drug-likeness (QED) is 0.828. The zero-order chi connectivity index (χ0) is 10.6. The summed E-state index contributed by atoms with van der Waals surface area (Å²) in [5, 5.41) is 3.18. The summed E-state index contributed by atoms with van der Waals surface area (Å²) in [5.74, 6) is 2.54. The van der Waals surface area contributed by atoms with E-state index >= 15 is 0 Å². The lowest BCUT2D eigenvalue weighted by Gasteiger charge is -2.12. The maximum Gasteiger partial charge on any atom is 0.0843 e. The minimum Gasteiger partial charge on any atom is -0.329 e. The van der Waals surface area contributed by atoms with Crippen LogP contribution in [0.5, 0.6) is 0 Å². The molecule has 5 heteroatoms. The minimum atomic E-state index is 0.138. The first-order valence-corrected chi connectivity index (χ1v) is 6.41. The molecule has 1 aromatic rings. The molecule has 0 spiro atoms. The van der Waals surface area contributed by atoms with Gasteiger partial charge < -0.3 is 5.73 Å². The molecule has 0 aliphatic heterocycles. The molecule has 0 saturated heterocycles. The van der Waals surface area contributed by atoms with Gasteiger partial charge in [0.2, 0.25) is 0 Å². The molecule has 1 unspecified atom stereocenters. The first kappa shape index (κ1) is 12.2. The molecule has 76 valence electrons. The fraction of sp³-hybridized carbons (Fsp3) is 0.333. The topological polar surface area (TPSA) is 38.0 Å². The second kappa shape index (κ2) is 5.89. The van der Waals surface area contributed by atoms with E-state index in [0.717, 1.165) is 8.26 Å². The molecule has 1 atom stereocenters. The molecule has 0 radical (unpaired) electrons. The van der Waals surface area contributed by atoms with Crippen molar-refractivity contribution in [2.75, 3.05) is 13.1 Å². The number of hydrogen-bond donors (Lipinski definition) is 2. The van der Waals surface area contributed by atoms with Crippen LogP contribution in [-0.2, 0) is 0 Å². The van der Waals surface area contributed by atoms with Crippen LogP contribution in [0.4, 0.5) is 0 Å². The fourth-order valence-corrected chi connectivity index (χ4v) is 3.20. The third kappa shape index (κ3) is 3.07. The van der Waals surface area contributed by atoms with Gasteiger partial charge in [-0.2, -0.15) is 0 Å². The third-order valence-corrected chi connectivity index (χ3v) is 5.06. The monoisotopic (exact) mass is 336 g/mol. The van der Waals surface area contributed by atoms with Crippen LogP contribution in [0, 0.1) is 12.3 Å². The highest BCUT2D eigenvalue weighted by Crippen LogP contribution is 2.35. The maximum absolute atomic E-state index is 5.65. The molecule has 0 aliphatic rings. The van der Waals surface area contributed by atoms with Crippen LogP contribution in [0.1, 0.15) is 10.9 Å². The van der Waals surface area contributed by atoms with Gasteiger partial charge in [0.15, 0.2) is 0 Å². The van der Waals surface area contributed by atoms with Crippen LogP contribution in [0.2, 0.25) is 0 Å². The van der Waals surface area contributed by atoms with Gasteiger partial charge in [0.25, 0.3) is 0 Å². The number of terminal acetylenes is 1. The predicted molar refractivity (Wildman–Crippen MR) is 68.4 cm³/mol. The second-order valence-electron chi connectivity index (χ2n) is 2.64. The van der Waals surface area contributed by atoms with Crippen molar-refractivity contribution in [2.45, 2.75) is 6.04 Å². The average Bonchev–Trinajstić information content (AvgIpc) is 2.48. The first-order valence-electron chi connectivity index (χ1n) is 4.00. The lowest BCUT2D eigenvalue weighted by Crippen LogP contribution is -2.27. The molecule has 1 heterocycles. The van der Waals surface area contributed by atoms with E-state index in [1.807, 2.05) is 0 Å². The number of halogens is 2. The lowest BCUT2D eigenvalue weighted by molar-refractivity contribution is 0.591. The molecular weight excluding hydrogens is 328 g/mol. The average molecular weight is 338 g/mol. The molecule has 0 aromatic carbocycles. The molecule has 1 rings (SSSR count). The van der Waals surface area contributed by atoms with Crippen molar-refractivity contribution in [3.8, 4) is 12.3 Å². The Hall–Kier alpha value is 0.140. The van der Waals surface area contributed by atoms with Crippen LogP contribution < -0.4 is 11.1 Å². The summed E-state index contributed by atoms with van der Waals surface area (Å²) in [6.07, 6.45) is 5.18.